The molecule has 1 aliphatic rings. The number of benzene rings is 1. The van der Waals surface area contributed by atoms with E-state index in [1.54, 1.807) is 6.07 Å². The lowest BCUT2D eigenvalue weighted by molar-refractivity contribution is 0.314. The molecule has 0 radical (unpaired) electrons. The molecule has 142 valence electrons. The number of aromatic nitrogens is 2. The maximum Gasteiger partial charge on any atom is 0.130 e. The van der Waals surface area contributed by atoms with Crippen molar-refractivity contribution in [1.29, 1.82) is 0 Å². The summed E-state index contributed by atoms with van der Waals surface area (Å²) in [5, 5.41) is 5.76. The predicted molar refractivity (Wildman–Crippen MR) is 115 cm³/mol. The van der Waals surface area contributed by atoms with Gasteiger partial charge in [0.25, 0.3) is 0 Å². The number of nitrogens with one attached hydrogen (secondary N) is 1. The molecule has 0 amide bonds. The third-order valence-electron chi connectivity index (χ3n) is 5.08. The number of rotatable bonds is 8. The Bertz CT molecular complexity index is 956. The van der Waals surface area contributed by atoms with E-state index in [0.717, 1.165) is 53.1 Å². The summed E-state index contributed by atoms with van der Waals surface area (Å²) in [4.78, 5) is 11.7. The first-order chi connectivity index (χ1) is 13.1. The van der Waals surface area contributed by atoms with Gasteiger partial charge in [-0.05, 0) is 75.5 Å². The van der Waals surface area contributed by atoms with Crippen LogP contribution < -0.4 is 5.32 Å². The van der Waals surface area contributed by atoms with Gasteiger partial charge in [0.15, 0.2) is 0 Å². The van der Waals surface area contributed by atoms with Crippen LogP contribution in [0.25, 0.3) is 21.9 Å². The van der Waals surface area contributed by atoms with Gasteiger partial charge in [0.2, 0.25) is 0 Å². The fraction of sp³-hybridized carbons (Fsp3) is 0.429. The van der Waals surface area contributed by atoms with E-state index >= 15 is 0 Å². The first kappa shape index (κ1) is 18.7. The highest BCUT2D eigenvalue weighted by atomic mass is 35.5. The van der Waals surface area contributed by atoms with Gasteiger partial charge in [-0.25, -0.2) is 9.97 Å². The molecule has 27 heavy (non-hydrogen) atoms. The van der Waals surface area contributed by atoms with E-state index in [9.17, 15) is 0 Å². The maximum atomic E-state index is 6.16. The highest BCUT2D eigenvalue weighted by Crippen LogP contribution is 2.32. The minimum Gasteiger partial charge on any atom is -0.383 e. The first-order valence-corrected chi connectivity index (χ1v) is 10.3. The summed E-state index contributed by atoms with van der Waals surface area (Å²) < 4.78 is 0. The van der Waals surface area contributed by atoms with Crippen molar-refractivity contribution in [3.05, 3.63) is 40.5 Å². The number of anilines is 1. The average Bonchev–Trinajstić information content (AvgIpc) is 3.44. The van der Waals surface area contributed by atoms with Crippen molar-refractivity contribution in [2.75, 3.05) is 32.0 Å². The number of unbranched alkanes of at least 4 members (excludes halogenated alkanes) is 1. The summed E-state index contributed by atoms with van der Waals surface area (Å²) >= 11 is 12.3. The lowest BCUT2D eigenvalue weighted by Crippen LogP contribution is -2.22. The van der Waals surface area contributed by atoms with Gasteiger partial charge in [-0.15, -0.1) is 0 Å². The Balaban J connectivity index is 1.49. The monoisotopic (exact) mass is 402 g/mol. The third kappa shape index (κ3) is 4.63. The van der Waals surface area contributed by atoms with Crippen molar-refractivity contribution in [3.63, 3.8) is 0 Å². The van der Waals surface area contributed by atoms with E-state index in [1.807, 2.05) is 24.3 Å². The Labute approximate surface area is 169 Å². The number of halogens is 2. The van der Waals surface area contributed by atoms with Crippen LogP contribution >= 0.6 is 23.2 Å². The summed E-state index contributed by atoms with van der Waals surface area (Å²) in [6, 6.07) is 9.46. The minimum atomic E-state index is 0.474. The second kappa shape index (κ2) is 8.17. The van der Waals surface area contributed by atoms with Gasteiger partial charge in [-0.3, -0.25) is 0 Å². The molecule has 0 spiro atoms. The fourth-order valence-corrected chi connectivity index (χ4v) is 3.81. The van der Waals surface area contributed by atoms with Gasteiger partial charge < -0.3 is 10.2 Å². The van der Waals surface area contributed by atoms with Gasteiger partial charge in [0.05, 0.1) is 16.7 Å². The quantitative estimate of drug-likeness (QED) is 0.301. The van der Waals surface area contributed by atoms with Crippen molar-refractivity contribution >= 4 is 50.8 Å². The maximum absolute atomic E-state index is 6.16. The largest absolute Gasteiger partial charge is 0.383 e. The number of pyridine rings is 2. The second-order valence-electron chi connectivity index (χ2n) is 7.49. The molecule has 0 atom stereocenters. The number of hydrogen-bond acceptors (Lipinski definition) is 4. The van der Waals surface area contributed by atoms with Crippen molar-refractivity contribution in [1.82, 2.24) is 14.9 Å². The average molecular weight is 403 g/mol. The van der Waals surface area contributed by atoms with Gasteiger partial charge >= 0.3 is 0 Å². The van der Waals surface area contributed by atoms with Crippen molar-refractivity contribution in [2.24, 2.45) is 5.92 Å². The second-order valence-corrected chi connectivity index (χ2v) is 8.31. The summed E-state index contributed by atoms with van der Waals surface area (Å²) in [5.74, 6) is 0.949. The molecular formula is C21H24Cl2N4. The summed E-state index contributed by atoms with van der Waals surface area (Å²) in [6.07, 6.45) is 5.10. The SMILES string of the molecule is CN(CCCCNc1c2ccc(Cl)cc2nc2ccc(Cl)nc12)CC1CC1. The standard InChI is InChI=1S/C21H24Cl2N4/c1-27(13-14-4-5-14)11-3-2-10-24-20-16-7-6-15(22)12-18(16)25-17-8-9-19(23)26-21(17)20/h6-9,12,14H,2-5,10-11,13H2,1H3,(H,24,25). The fourth-order valence-electron chi connectivity index (χ4n) is 3.50. The molecule has 0 unspecified atom stereocenters. The highest BCUT2D eigenvalue weighted by Gasteiger charge is 2.22. The van der Waals surface area contributed by atoms with Crippen LogP contribution in [0, 0.1) is 5.92 Å². The Hall–Kier alpha value is -1.62. The Morgan fingerprint density at radius 1 is 1.07 bits per heavy atom. The van der Waals surface area contributed by atoms with Crippen LogP contribution in [0.1, 0.15) is 25.7 Å². The molecule has 4 nitrogen and oxygen atoms in total. The minimum absolute atomic E-state index is 0.474. The Kier molecular flexibility index (Phi) is 5.67. The van der Waals surface area contributed by atoms with Gasteiger partial charge in [-0.1, -0.05) is 23.2 Å². The molecule has 6 heteroatoms. The van der Waals surface area contributed by atoms with E-state index < -0.39 is 0 Å². The molecule has 1 saturated carbocycles. The first-order valence-electron chi connectivity index (χ1n) is 9.58. The Morgan fingerprint density at radius 2 is 1.93 bits per heavy atom. The Morgan fingerprint density at radius 3 is 2.74 bits per heavy atom. The zero-order chi connectivity index (χ0) is 18.8. The van der Waals surface area contributed by atoms with Crippen LogP contribution in [0.4, 0.5) is 5.69 Å². The summed E-state index contributed by atoms with van der Waals surface area (Å²) in [7, 11) is 2.23. The molecule has 1 fully saturated rings. The van der Waals surface area contributed by atoms with Crippen LogP contribution in [-0.4, -0.2) is 41.5 Å². The molecular weight excluding hydrogens is 379 g/mol. The van der Waals surface area contributed by atoms with Crippen LogP contribution in [0.5, 0.6) is 0 Å². The number of hydrogen-bond donors (Lipinski definition) is 1. The van der Waals surface area contributed by atoms with Gasteiger partial charge in [0.1, 0.15) is 10.7 Å². The lowest BCUT2D eigenvalue weighted by Gasteiger charge is -2.16. The number of fused-ring (bicyclic) bond motifs is 2. The van der Waals surface area contributed by atoms with E-state index in [2.05, 4.69) is 27.2 Å². The molecule has 2 aromatic heterocycles. The molecule has 0 saturated heterocycles. The van der Waals surface area contributed by atoms with Crippen molar-refractivity contribution in [2.45, 2.75) is 25.7 Å². The van der Waals surface area contributed by atoms with Crippen LogP contribution in [0.3, 0.4) is 0 Å². The molecule has 0 aliphatic heterocycles. The van der Waals surface area contributed by atoms with Crippen molar-refractivity contribution < 1.29 is 0 Å². The van der Waals surface area contributed by atoms with Gasteiger partial charge in [-0.2, -0.15) is 0 Å². The molecule has 1 N–H and O–H groups in total. The highest BCUT2D eigenvalue weighted by molar-refractivity contribution is 6.31. The number of nitrogens with zero attached hydrogens (tertiary/aromatic N) is 3. The van der Waals surface area contributed by atoms with Crippen LogP contribution in [0.2, 0.25) is 10.2 Å². The van der Waals surface area contributed by atoms with Gasteiger partial charge in [0, 0.05) is 23.5 Å². The molecule has 1 aliphatic carbocycles. The van der Waals surface area contributed by atoms with Crippen molar-refractivity contribution in [3.8, 4) is 0 Å². The predicted octanol–water partition coefficient (Wildman–Crippen LogP) is 5.62. The zero-order valence-electron chi connectivity index (χ0n) is 15.5. The molecule has 3 aromatic rings. The zero-order valence-corrected chi connectivity index (χ0v) is 17.0. The topological polar surface area (TPSA) is 41.0 Å². The molecule has 2 heterocycles. The van der Waals surface area contributed by atoms with E-state index in [4.69, 9.17) is 23.2 Å². The van der Waals surface area contributed by atoms with E-state index in [-0.39, 0.29) is 0 Å². The van der Waals surface area contributed by atoms with Crippen LogP contribution in [0.15, 0.2) is 30.3 Å². The third-order valence-corrected chi connectivity index (χ3v) is 5.53. The summed E-state index contributed by atoms with van der Waals surface area (Å²) in [6.45, 7) is 3.29. The molecule has 1 aromatic carbocycles. The molecule has 4 rings (SSSR count). The molecule has 0 bridgehead atoms. The van der Waals surface area contributed by atoms with E-state index in [0.29, 0.717) is 10.2 Å². The smallest absolute Gasteiger partial charge is 0.130 e. The van der Waals surface area contributed by atoms with E-state index in [1.165, 1.54) is 25.8 Å². The van der Waals surface area contributed by atoms with Crippen LogP contribution in [-0.2, 0) is 0 Å². The lowest BCUT2D eigenvalue weighted by atomic mass is 10.1. The summed E-state index contributed by atoms with van der Waals surface area (Å²) in [5.41, 5.74) is 3.48. The normalized spacial score (nSPS) is 14.4.